The van der Waals surface area contributed by atoms with Crippen molar-refractivity contribution in [1.82, 2.24) is 9.21 Å². The molecule has 1 saturated heterocycles. The van der Waals surface area contributed by atoms with Gasteiger partial charge in [-0.2, -0.15) is 4.31 Å². The molecule has 1 aromatic rings. The molecule has 1 aromatic carbocycles. The fourth-order valence-electron chi connectivity index (χ4n) is 3.37. The van der Waals surface area contributed by atoms with Gasteiger partial charge in [0.1, 0.15) is 18.8 Å². The van der Waals surface area contributed by atoms with Gasteiger partial charge in [0, 0.05) is 32.0 Å². The molecule has 2 aliphatic heterocycles. The number of nitrogens with one attached hydrogen (secondary N) is 1. The van der Waals surface area contributed by atoms with Crippen molar-refractivity contribution >= 4 is 27.5 Å². The van der Waals surface area contributed by atoms with Gasteiger partial charge in [-0.1, -0.05) is 0 Å². The van der Waals surface area contributed by atoms with E-state index in [9.17, 15) is 18.0 Å². The summed E-state index contributed by atoms with van der Waals surface area (Å²) in [6.45, 7) is 2.33. The van der Waals surface area contributed by atoms with Crippen molar-refractivity contribution in [1.29, 1.82) is 0 Å². The maximum atomic E-state index is 13.2. The quantitative estimate of drug-likeness (QED) is 0.675. The zero-order valence-corrected chi connectivity index (χ0v) is 17.5. The molecule has 0 spiro atoms. The summed E-state index contributed by atoms with van der Waals surface area (Å²) in [6.07, 6.45) is 1.02. The number of carbonyl (C=O) groups excluding carboxylic acids is 2. The van der Waals surface area contributed by atoms with Crippen molar-refractivity contribution in [2.45, 2.75) is 12.5 Å². The van der Waals surface area contributed by atoms with Gasteiger partial charge in [0.05, 0.1) is 19.4 Å². The first kappa shape index (κ1) is 21.3. The molecule has 1 fully saturated rings. The van der Waals surface area contributed by atoms with Crippen LogP contribution in [0.1, 0.15) is 6.92 Å². The summed E-state index contributed by atoms with van der Waals surface area (Å²) in [5.41, 5.74) is -0.958. The molecule has 2 amide bonds. The van der Waals surface area contributed by atoms with Crippen molar-refractivity contribution in [3.8, 4) is 11.5 Å². The monoisotopic (exact) mass is 427 g/mol. The van der Waals surface area contributed by atoms with E-state index in [-0.39, 0.29) is 26.2 Å². The molecule has 2 heterocycles. The average molecular weight is 427 g/mol. The number of carbonyl (C=O) groups is 2. The van der Waals surface area contributed by atoms with Gasteiger partial charge < -0.3 is 24.4 Å². The normalized spacial score (nSPS) is 22.4. The number of methoxy groups -OCH3 is 1. The summed E-state index contributed by atoms with van der Waals surface area (Å²) in [6, 6.07) is 4.98. The third kappa shape index (κ3) is 4.46. The van der Waals surface area contributed by atoms with E-state index < -0.39 is 27.4 Å². The zero-order valence-electron chi connectivity index (χ0n) is 16.6. The molecular weight excluding hydrogens is 402 g/mol. The number of hydrogen-bond donors (Lipinski definition) is 1. The number of benzene rings is 1. The fraction of sp³-hybridized carbons (Fsp3) is 0.556. The van der Waals surface area contributed by atoms with E-state index >= 15 is 0 Å². The predicted molar refractivity (Wildman–Crippen MR) is 104 cm³/mol. The summed E-state index contributed by atoms with van der Waals surface area (Å²) in [5, 5.41) is 2.77. The maximum absolute atomic E-state index is 13.2. The van der Waals surface area contributed by atoms with E-state index in [1.165, 1.54) is 12.0 Å². The van der Waals surface area contributed by atoms with Crippen molar-refractivity contribution in [3.63, 3.8) is 0 Å². The SMILES string of the molecule is COCCN1C(=O)CN(S(C)(=O)=O)CC1(C)C(=O)Nc1ccc2c(c1)OCCO2. The Morgan fingerprint density at radius 2 is 1.97 bits per heavy atom. The summed E-state index contributed by atoms with van der Waals surface area (Å²) < 4.78 is 41.2. The van der Waals surface area contributed by atoms with Crippen LogP contribution in [0.4, 0.5) is 5.69 Å². The van der Waals surface area contributed by atoms with Gasteiger partial charge in [-0.05, 0) is 19.1 Å². The Kier molecular flexibility index (Phi) is 6.01. The maximum Gasteiger partial charge on any atom is 0.251 e. The average Bonchev–Trinajstić information content (AvgIpc) is 2.66. The lowest BCUT2D eigenvalue weighted by atomic mass is 9.95. The Bertz CT molecular complexity index is 905. The van der Waals surface area contributed by atoms with Crippen LogP contribution in [0.5, 0.6) is 11.5 Å². The van der Waals surface area contributed by atoms with Gasteiger partial charge >= 0.3 is 0 Å². The molecule has 0 radical (unpaired) electrons. The Hall–Kier alpha value is -2.37. The van der Waals surface area contributed by atoms with Crippen LogP contribution >= 0.6 is 0 Å². The zero-order chi connectivity index (χ0) is 21.2. The Labute approximate surface area is 169 Å². The van der Waals surface area contributed by atoms with Gasteiger partial charge in [0.15, 0.2) is 11.5 Å². The first-order valence-corrected chi connectivity index (χ1v) is 11.0. The van der Waals surface area contributed by atoms with Gasteiger partial charge in [0.25, 0.3) is 5.91 Å². The van der Waals surface area contributed by atoms with E-state index in [0.29, 0.717) is 30.4 Å². The van der Waals surface area contributed by atoms with Crippen molar-refractivity contribution in [2.24, 2.45) is 0 Å². The van der Waals surface area contributed by atoms with Crippen LogP contribution in [0.15, 0.2) is 18.2 Å². The molecule has 3 rings (SSSR count). The van der Waals surface area contributed by atoms with E-state index in [0.717, 1.165) is 10.6 Å². The van der Waals surface area contributed by atoms with E-state index in [2.05, 4.69) is 5.32 Å². The first-order chi connectivity index (χ1) is 13.6. The molecule has 1 N–H and O–H groups in total. The molecule has 0 bridgehead atoms. The third-order valence-electron chi connectivity index (χ3n) is 4.97. The second-order valence-corrected chi connectivity index (χ2v) is 9.14. The molecule has 2 aliphatic rings. The van der Waals surface area contributed by atoms with Gasteiger partial charge in [0.2, 0.25) is 15.9 Å². The first-order valence-electron chi connectivity index (χ1n) is 9.11. The summed E-state index contributed by atoms with van der Waals surface area (Å²) in [4.78, 5) is 27.2. The number of nitrogens with zero attached hydrogens (tertiary/aromatic N) is 2. The molecule has 29 heavy (non-hydrogen) atoms. The number of ether oxygens (including phenoxy) is 3. The van der Waals surface area contributed by atoms with Gasteiger partial charge in [-0.3, -0.25) is 9.59 Å². The standard InChI is InChI=1S/C18H25N3O7S/c1-18(12-20(29(3,24)25)11-16(22)21(18)6-7-26-2)17(23)19-13-4-5-14-15(10-13)28-9-8-27-14/h4-5,10H,6-9,11-12H2,1-3H3,(H,19,23). The number of anilines is 1. The smallest absolute Gasteiger partial charge is 0.251 e. The molecule has 0 aromatic heterocycles. The van der Waals surface area contributed by atoms with E-state index in [1.807, 2.05) is 0 Å². The van der Waals surface area contributed by atoms with Crippen LogP contribution in [0, 0.1) is 0 Å². The van der Waals surface area contributed by atoms with E-state index in [1.54, 1.807) is 25.1 Å². The minimum Gasteiger partial charge on any atom is -0.486 e. The predicted octanol–water partition coefficient (Wildman–Crippen LogP) is -0.0948. The lowest BCUT2D eigenvalue weighted by molar-refractivity contribution is -0.151. The Morgan fingerprint density at radius 1 is 1.28 bits per heavy atom. The van der Waals surface area contributed by atoms with E-state index in [4.69, 9.17) is 14.2 Å². The molecule has 1 unspecified atom stereocenters. The van der Waals surface area contributed by atoms with Crippen molar-refractivity contribution in [3.05, 3.63) is 18.2 Å². The number of fused-ring (bicyclic) bond motifs is 1. The molecule has 0 aliphatic carbocycles. The third-order valence-corrected chi connectivity index (χ3v) is 6.17. The van der Waals surface area contributed by atoms with Crippen LogP contribution < -0.4 is 14.8 Å². The number of piperazine rings is 1. The second kappa shape index (κ2) is 8.17. The molecule has 1 atom stereocenters. The lowest BCUT2D eigenvalue weighted by Crippen LogP contribution is -2.69. The highest BCUT2D eigenvalue weighted by atomic mass is 32.2. The van der Waals surface area contributed by atoms with Crippen LogP contribution in [0.2, 0.25) is 0 Å². The molecular formula is C18H25N3O7S. The van der Waals surface area contributed by atoms with Gasteiger partial charge in [-0.25, -0.2) is 8.42 Å². The minimum atomic E-state index is -3.65. The number of rotatable bonds is 6. The molecule has 11 heteroatoms. The number of amides is 2. The number of hydrogen-bond acceptors (Lipinski definition) is 7. The Morgan fingerprint density at radius 3 is 2.62 bits per heavy atom. The highest BCUT2D eigenvalue weighted by molar-refractivity contribution is 7.88. The second-order valence-electron chi connectivity index (χ2n) is 7.16. The molecule has 10 nitrogen and oxygen atoms in total. The van der Waals surface area contributed by atoms with Crippen LogP contribution in [0.3, 0.4) is 0 Å². The van der Waals surface area contributed by atoms with Gasteiger partial charge in [-0.15, -0.1) is 0 Å². The molecule has 160 valence electrons. The van der Waals surface area contributed by atoms with Crippen LogP contribution in [-0.4, -0.2) is 87.8 Å². The summed E-state index contributed by atoms with van der Waals surface area (Å²) in [5.74, 6) is 0.122. The lowest BCUT2D eigenvalue weighted by Gasteiger charge is -2.46. The number of sulfonamides is 1. The topological polar surface area (TPSA) is 114 Å². The van der Waals surface area contributed by atoms with Crippen molar-refractivity contribution in [2.75, 3.05) is 58.1 Å². The van der Waals surface area contributed by atoms with Crippen LogP contribution in [0.25, 0.3) is 0 Å². The highest BCUT2D eigenvalue weighted by Gasteiger charge is 2.49. The summed E-state index contributed by atoms with van der Waals surface area (Å²) >= 11 is 0. The Balaban J connectivity index is 1.87. The molecule has 0 saturated carbocycles. The largest absolute Gasteiger partial charge is 0.486 e. The fourth-order valence-corrected chi connectivity index (χ4v) is 4.20. The highest BCUT2D eigenvalue weighted by Crippen LogP contribution is 2.33. The minimum absolute atomic E-state index is 0.155. The van der Waals surface area contributed by atoms with Crippen molar-refractivity contribution < 1.29 is 32.2 Å². The summed E-state index contributed by atoms with van der Waals surface area (Å²) in [7, 11) is -2.16. The van der Waals surface area contributed by atoms with Crippen LogP contribution in [-0.2, 0) is 24.3 Å².